The van der Waals surface area contributed by atoms with Crippen molar-refractivity contribution in [2.24, 2.45) is 0 Å². The fourth-order valence-corrected chi connectivity index (χ4v) is 2.95. The molecule has 0 radical (unpaired) electrons. The van der Waals surface area contributed by atoms with Crippen LogP contribution in [0.4, 0.5) is 0 Å². The van der Waals surface area contributed by atoms with E-state index in [0.717, 1.165) is 11.1 Å². The zero-order chi connectivity index (χ0) is 16.0. The lowest BCUT2D eigenvalue weighted by atomic mass is 10.1. The summed E-state index contributed by atoms with van der Waals surface area (Å²) in [7, 11) is -3.44. The van der Waals surface area contributed by atoms with Crippen molar-refractivity contribution in [3.63, 3.8) is 0 Å². The molecule has 2 aromatic carbocycles. The lowest BCUT2D eigenvalue weighted by Gasteiger charge is -2.06. The fourth-order valence-electron chi connectivity index (χ4n) is 2.01. The number of hydrogen-bond acceptors (Lipinski definition) is 2. The summed E-state index contributed by atoms with van der Waals surface area (Å²) in [6.45, 7) is 2.39. The standard InChI is InChI=1S/C17H18ClNO2S/c1-14-4-2-3-5-16(14)10-12-19-22(20,21)13-11-15-6-8-17(18)9-7-15/h2-9,11,13,19H,10,12H2,1H3/b13-11+. The van der Waals surface area contributed by atoms with E-state index < -0.39 is 10.0 Å². The molecule has 0 atom stereocenters. The van der Waals surface area contributed by atoms with E-state index in [1.807, 2.05) is 31.2 Å². The van der Waals surface area contributed by atoms with E-state index in [0.29, 0.717) is 18.0 Å². The smallest absolute Gasteiger partial charge is 0.211 e. The highest BCUT2D eigenvalue weighted by atomic mass is 35.5. The molecule has 0 bridgehead atoms. The van der Waals surface area contributed by atoms with Crippen LogP contribution in [0.1, 0.15) is 16.7 Å². The van der Waals surface area contributed by atoms with Crippen LogP contribution in [-0.4, -0.2) is 15.0 Å². The maximum atomic E-state index is 11.9. The molecule has 0 saturated carbocycles. The third-order valence-electron chi connectivity index (χ3n) is 3.27. The summed E-state index contributed by atoms with van der Waals surface area (Å²) >= 11 is 5.79. The number of hydrogen-bond donors (Lipinski definition) is 1. The lowest BCUT2D eigenvalue weighted by Crippen LogP contribution is -2.23. The van der Waals surface area contributed by atoms with Crippen LogP contribution in [0.2, 0.25) is 5.02 Å². The monoisotopic (exact) mass is 335 g/mol. The van der Waals surface area contributed by atoms with Gasteiger partial charge in [0.15, 0.2) is 0 Å². The molecule has 116 valence electrons. The van der Waals surface area contributed by atoms with Crippen molar-refractivity contribution in [3.05, 3.63) is 75.7 Å². The van der Waals surface area contributed by atoms with Crippen molar-refractivity contribution < 1.29 is 8.42 Å². The predicted molar refractivity (Wildman–Crippen MR) is 92.3 cm³/mol. The van der Waals surface area contributed by atoms with Crippen molar-refractivity contribution in [1.82, 2.24) is 4.72 Å². The van der Waals surface area contributed by atoms with Crippen LogP contribution < -0.4 is 4.72 Å². The Morgan fingerprint density at radius 2 is 1.77 bits per heavy atom. The molecule has 0 heterocycles. The van der Waals surface area contributed by atoms with Gasteiger partial charge in [-0.1, -0.05) is 48.0 Å². The Balaban J connectivity index is 1.91. The quantitative estimate of drug-likeness (QED) is 0.873. The molecule has 2 rings (SSSR count). The van der Waals surface area contributed by atoms with Gasteiger partial charge in [0.25, 0.3) is 0 Å². The minimum Gasteiger partial charge on any atom is -0.211 e. The van der Waals surface area contributed by atoms with Gasteiger partial charge in [-0.05, 0) is 48.2 Å². The molecule has 0 spiro atoms. The molecule has 5 heteroatoms. The van der Waals surface area contributed by atoms with E-state index in [-0.39, 0.29) is 0 Å². The summed E-state index contributed by atoms with van der Waals surface area (Å²) in [6.07, 6.45) is 2.22. The van der Waals surface area contributed by atoms with Gasteiger partial charge in [-0.2, -0.15) is 0 Å². The van der Waals surface area contributed by atoms with Crippen LogP contribution in [-0.2, 0) is 16.4 Å². The first-order chi connectivity index (χ1) is 10.5. The zero-order valence-electron chi connectivity index (χ0n) is 12.3. The maximum Gasteiger partial charge on any atom is 0.233 e. The summed E-state index contributed by atoms with van der Waals surface area (Å²) in [5, 5.41) is 1.80. The number of benzene rings is 2. The molecule has 0 aliphatic rings. The molecule has 0 aliphatic carbocycles. The number of aryl methyl sites for hydroxylation is 1. The average Bonchev–Trinajstić information content (AvgIpc) is 2.49. The van der Waals surface area contributed by atoms with E-state index in [2.05, 4.69) is 4.72 Å². The van der Waals surface area contributed by atoms with Crippen LogP contribution in [0.5, 0.6) is 0 Å². The van der Waals surface area contributed by atoms with Gasteiger partial charge in [0.1, 0.15) is 0 Å². The first-order valence-corrected chi connectivity index (χ1v) is 8.86. The largest absolute Gasteiger partial charge is 0.233 e. The van der Waals surface area contributed by atoms with Gasteiger partial charge in [0.05, 0.1) is 0 Å². The third-order valence-corrected chi connectivity index (χ3v) is 4.62. The number of rotatable bonds is 6. The fraction of sp³-hybridized carbons (Fsp3) is 0.176. The molecule has 0 amide bonds. The van der Waals surface area contributed by atoms with Gasteiger partial charge in [0.2, 0.25) is 10.0 Å². The lowest BCUT2D eigenvalue weighted by molar-refractivity contribution is 0.591. The molecule has 2 aromatic rings. The highest BCUT2D eigenvalue weighted by molar-refractivity contribution is 7.92. The first-order valence-electron chi connectivity index (χ1n) is 6.94. The average molecular weight is 336 g/mol. The molecular weight excluding hydrogens is 318 g/mol. The summed E-state index contributed by atoms with van der Waals surface area (Å²) in [5.74, 6) is 0. The van der Waals surface area contributed by atoms with Gasteiger partial charge in [0, 0.05) is 17.0 Å². The van der Waals surface area contributed by atoms with E-state index in [1.165, 1.54) is 11.0 Å². The summed E-state index contributed by atoms with van der Waals surface area (Å²) in [4.78, 5) is 0. The second-order valence-corrected chi connectivity index (χ2v) is 7.06. The number of sulfonamides is 1. The van der Waals surface area contributed by atoms with E-state index in [4.69, 9.17) is 11.6 Å². The Morgan fingerprint density at radius 1 is 1.09 bits per heavy atom. The Kier molecular flexibility index (Phi) is 5.77. The number of halogens is 1. The summed E-state index contributed by atoms with van der Waals surface area (Å²) in [6, 6.07) is 14.9. The van der Waals surface area contributed by atoms with Gasteiger partial charge in [-0.25, -0.2) is 13.1 Å². The normalized spacial score (nSPS) is 11.9. The van der Waals surface area contributed by atoms with Crippen LogP contribution in [0, 0.1) is 6.92 Å². The van der Waals surface area contributed by atoms with E-state index in [1.54, 1.807) is 30.3 Å². The van der Waals surface area contributed by atoms with Gasteiger partial charge >= 0.3 is 0 Å². The maximum absolute atomic E-state index is 11.9. The highest BCUT2D eigenvalue weighted by Crippen LogP contribution is 2.11. The molecule has 0 aliphatic heterocycles. The van der Waals surface area contributed by atoms with Crippen LogP contribution in [0.25, 0.3) is 6.08 Å². The van der Waals surface area contributed by atoms with Crippen molar-refractivity contribution in [1.29, 1.82) is 0 Å². The molecule has 3 nitrogen and oxygen atoms in total. The summed E-state index contributed by atoms with van der Waals surface area (Å²) in [5.41, 5.74) is 3.10. The summed E-state index contributed by atoms with van der Waals surface area (Å²) < 4.78 is 26.4. The van der Waals surface area contributed by atoms with Gasteiger partial charge in [-0.15, -0.1) is 0 Å². The van der Waals surface area contributed by atoms with Crippen LogP contribution in [0.3, 0.4) is 0 Å². The van der Waals surface area contributed by atoms with Crippen molar-refractivity contribution in [3.8, 4) is 0 Å². The first kappa shape index (κ1) is 16.7. The van der Waals surface area contributed by atoms with Crippen LogP contribution >= 0.6 is 11.6 Å². The predicted octanol–water partition coefficient (Wildman–Crippen LogP) is 3.78. The van der Waals surface area contributed by atoms with Gasteiger partial charge < -0.3 is 0 Å². The topological polar surface area (TPSA) is 46.2 Å². The minimum absolute atomic E-state index is 0.373. The molecule has 0 saturated heterocycles. The second kappa shape index (κ2) is 7.58. The van der Waals surface area contributed by atoms with E-state index >= 15 is 0 Å². The minimum atomic E-state index is -3.44. The molecule has 0 fully saturated rings. The Labute approximate surface area is 136 Å². The Morgan fingerprint density at radius 3 is 2.45 bits per heavy atom. The molecule has 0 unspecified atom stereocenters. The van der Waals surface area contributed by atoms with Crippen molar-refractivity contribution >= 4 is 27.7 Å². The molecular formula is C17H18ClNO2S. The molecule has 0 aromatic heterocycles. The highest BCUT2D eigenvalue weighted by Gasteiger charge is 2.05. The van der Waals surface area contributed by atoms with Crippen molar-refractivity contribution in [2.45, 2.75) is 13.3 Å². The Hall–Kier alpha value is -1.62. The zero-order valence-corrected chi connectivity index (χ0v) is 13.9. The number of nitrogens with one attached hydrogen (secondary N) is 1. The Bertz CT molecular complexity index is 752. The second-order valence-electron chi connectivity index (χ2n) is 4.97. The molecule has 1 N–H and O–H groups in total. The van der Waals surface area contributed by atoms with E-state index in [9.17, 15) is 8.42 Å². The third kappa shape index (κ3) is 5.30. The van der Waals surface area contributed by atoms with Crippen molar-refractivity contribution in [2.75, 3.05) is 6.54 Å². The molecule has 22 heavy (non-hydrogen) atoms. The van der Waals surface area contributed by atoms with Gasteiger partial charge in [-0.3, -0.25) is 0 Å². The SMILES string of the molecule is Cc1ccccc1CCNS(=O)(=O)/C=C/c1ccc(Cl)cc1. The van der Waals surface area contributed by atoms with Crippen LogP contribution in [0.15, 0.2) is 53.9 Å².